The molecule has 2 aromatic heterocycles. The minimum Gasteiger partial charge on any atom is -0.377 e. The summed E-state index contributed by atoms with van der Waals surface area (Å²) in [5, 5.41) is 9.49. The van der Waals surface area contributed by atoms with Gasteiger partial charge in [-0.1, -0.05) is 0 Å². The summed E-state index contributed by atoms with van der Waals surface area (Å²) in [4.78, 5) is 23.7. The van der Waals surface area contributed by atoms with Crippen molar-refractivity contribution in [2.24, 2.45) is 7.05 Å². The van der Waals surface area contributed by atoms with Gasteiger partial charge < -0.3 is 20.3 Å². The molecule has 2 aromatic carbocycles. The van der Waals surface area contributed by atoms with Crippen LogP contribution in [-0.2, 0) is 16.5 Å². The number of nitrogens with one attached hydrogen (secondary N) is 2. The van der Waals surface area contributed by atoms with Gasteiger partial charge >= 0.3 is 6.03 Å². The average Bonchev–Trinajstić information content (AvgIpc) is 3.70. The van der Waals surface area contributed by atoms with E-state index in [-0.39, 0.29) is 10.9 Å². The topological polar surface area (TPSA) is 138 Å². The molecule has 0 radical (unpaired) electrons. The first-order chi connectivity index (χ1) is 20.6. The Kier molecular flexibility index (Phi) is 7.54. The second-order valence-electron chi connectivity index (χ2n) is 10.7. The number of hydrogen-bond acceptors (Lipinski definition) is 8. The molecule has 6 rings (SSSR count). The van der Waals surface area contributed by atoms with Gasteiger partial charge in [0.2, 0.25) is 0 Å². The van der Waals surface area contributed by atoms with E-state index < -0.39 is 33.0 Å². The van der Waals surface area contributed by atoms with Gasteiger partial charge in [0.25, 0.3) is 0 Å². The lowest BCUT2D eigenvalue weighted by atomic mass is 10.1. The lowest BCUT2D eigenvalue weighted by Crippen LogP contribution is -2.44. The first kappa shape index (κ1) is 29.0. The van der Waals surface area contributed by atoms with E-state index in [0.29, 0.717) is 72.9 Å². The molecule has 0 spiro atoms. The highest BCUT2D eigenvalue weighted by molar-refractivity contribution is 8.25. The Morgan fingerprint density at radius 3 is 2.47 bits per heavy atom. The van der Waals surface area contributed by atoms with Crippen molar-refractivity contribution in [3.8, 4) is 11.4 Å². The maximum Gasteiger partial charge on any atom is 0.323 e. The summed E-state index contributed by atoms with van der Waals surface area (Å²) in [6.07, 6.45) is 3.92. The third-order valence-corrected chi connectivity index (χ3v) is 10.3. The average molecular weight is 612 g/mol. The monoisotopic (exact) mass is 611 g/mol. The molecule has 4 aromatic rings. The number of aromatic nitrogens is 4. The summed E-state index contributed by atoms with van der Waals surface area (Å²) in [6.45, 7) is 3.58. The molecule has 2 aliphatic rings. The van der Waals surface area contributed by atoms with Crippen LogP contribution in [0.15, 0.2) is 65.8 Å². The van der Waals surface area contributed by atoms with Crippen molar-refractivity contribution >= 4 is 33.8 Å². The fourth-order valence-electron chi connectivity index (χ4n) is 5.21. The molecular formula is C29H31F2N7O4S. The molecule has 0 bridgehead atoms. The number of nitrogens with zero attached hydrogens (tertiary/aromatic N) is 5. The number of hydrogen-bond donors (Lipinski definition) is 4. The SMILES string of the molecule is C[C@H]1COCCN1c1cc(C2(S(O)(O)c3ccc(F)cc3F)CC2)nc(-c2ccc(NC(=O)Nc3cnn(C)c3)cc2)n1. The Hall–Kier alpha value is -4.11. The summed E-state index contributed by atoms with van der Waals surface area (Å²) in [6, 6.07) is 11.0. The quantitative estimate of drug-likeness (QED) is 0.205. The lowest BCUT2D eigenvalue weighted by Gasteiger charge is -2.41. The van der Waals surface area contributed by atoms with Gasteiger partial charge in [-0.2, -0.15) is 15.7 Å². The number of carbonyl (C=O) groups excluding carboxylic acids is 1. The molecule has 2 amide bonds. The van der Waals surface area contributed by atoms with Crippen molar-refractivity contribution < 1.29 is 27.4 Å². The number of urea groups is 1. The summed E-state index contributed by atoms with van der Waals surface area (Å²) in [5.41, 5.74) is 2.07. The van der Waals surface area contributed by atoms with Crippen LogP contribution in [0.5, 0.6) is 0 Å². The lowest BCUT2D eigenvalue weighted by molar-refractivity contribution is 0.0985. The van der Waals surface area contributed by atoms with Crippen LogP contribution in [0, 0.1) is 11.6 Å². The Morgan fingerprint density at radius 2 is 1.81 bits per heavy atom. The van der Waals surface area contributed by atoms with E-state index in [1.165, 1.54) is 6.20 Å². The standard InChI is InChI=1S/C29H31F2N7O4S/c1-18-17-42-12-11-38(18)26-14-25(29(9-10-29)43(40,41)24-8-5-20(30)13-23(24)31)35-27(36-26)19-3-6-21(7-4-19)33-28(39)34-22-15-32-37(2)16-22/h3-8,13-16,18,40-41H,9-12,17H2,1-2H3,(H2,33,34,39)/t18-/m0/s1. The summed E-state index contributed by atoms with van der Waals surface area (Å²) in [5.74, 6) is -0.909. The Bertz CT molecular complexity index is 1660. The molecule has 4 N–H and O–H groups in total. The number of aryl methyl sites for hydroxylation is 1. The normalized spacial score (nSPS) is 18.3. The fourth-order valence-corrected chi connectivity index (χ4v) is 7.29. The predicted molar refractivity (Wildman–Crippen MR) is 159 cm³/mol. The van der Waals surface area contributed by atoms with E-state index >= 15 is 0 Å². The summed E-state index contributed by atoms with van der Waals surface area (Å²) < 4.78 is 57.3. The highest BCUT2D eigenvalue weighted by atomic mass is 32.3. The number of halogens is 2. The zero-order valence-electron chi connectivity index (χ0n) is 23.5. The molecule has 1 aliphatic heterocycles. The minimum absolute atomic E-state index is 0.000642. The fraction of sp³-hybridized carbons (Fsp3) is 0.310. The van der Waals surface area contributed by atoms with Crippen molar-refractivity contribution in [2.45, 2.75) is 35.4 Å². The van der Waals surface area contributed by atoms with E-state index in [1.54, 1.807) is 48.3 Å². The molecule has 3 heterocycles. The first-order valence-electron chi connectivity index (χ1n) is 13.7. The van der Waals surface area contributed by atoms with Gasteiger partial charge in [-0.05, 0) is 56.2 Å². The largest absolute Gasteiger partial charge is 0.377 e. The van der Waals surface area contributed by atoms with Gasteiger partial charge in [0.1, 0.15) is 22.2 Å². The van der Waals surface area contributed by atoms with Crippen LogP contribution < -0.4 is 15.5 Å². The first-order valence-corrected chi connectivity index (χ1v) is 15.2. The second-order valence-corrected chi connectivity index (χ2v) is 13.0. The van der Waals surface area contributed by atoms with Crippen LogP contribution in [0.3, 0.4) is 0 Å². The summed E-state index contributed by atoms with van der Waals surface area (Å²) >= 11 is 0. The number of benzene rings is 2. The van der Waals surface area contributed by atoms with E-state index in [9.17, 15) is 22.7 Å². The van der Waals surface area contributed by atoms with Crippen LogP contribution in [0.2, 0.25) is 0 Å². The van der Waals surface area contributed by atoms with Gasteiger partial charge in [-0.15, -0.1) is 0 Å². The highest BCUT2D eigenvalue weighted by Gasteiger charge is 2.58. The summed E-state index contributed by atoms with van der Waals surface area (Å²) in [7, 11) is -2.02. The van der Waals surface area contributed by atoms with Crippen molar-refractivity contribution in [3.05, 3.63) is 78.3 Å². The predicted octanol–water partition coefficient (Wildman–Crippen LogP) is 5.82. The molecule has 0 unspecified atom stereocenters. The molecule has 11 nitrogen and oxygen atoms in total. The van der Waals surface area contributed by atoms with Crippen LogP contribution in [0.25, 0.3) is 11.4 Å². The van der Waals surface area contributed by atoms with Crippen LogP contribution in [0.1, 0.15) is 25.5 Å². The molecule has 2 fully saturated rings. The van der Waals surface area contributed by atoms with Crippen LogP contribution in [0.4, 0.5) is 30.8 Å². The molecule has 43 heavy (non-hydrogen) atoms. The van der Waals surface area contributed by atoms with Crippen LogP contribution >= 0.6 is 10.6 Å². The Morgan fingerprint density at radius 1 is 1.07 bits per heavy atom. The smallest absolute Gasteiger partial charge is 0.323 e. The van der Waals surface area contributed by atoms with Gasteiger partial charge in [0.05, 0.1) is 41.7 Å². The van der Waals surface area contributed by atoms with Gasteiger partial charge in [0.15, 0.2) is 5.82 Å². The Labute approximate surface area is 248 Å². The van der Waals surface area contributed by atoms with E-state index in [0.717, 1.165) is 12.1 Å². The van der Waals surface area contributed by atoms with Crippen molar-refractivity contribution in [2.75, 3.05) is 35.3 Å². The molecule has 1 saturated carbocycles. The molecule has 1 saturated heterocycles. The van der Waals surface area contributed by atoms with Crippen molar-refractivity contribution in [3.63, 3.8) is 0 Å². The maximum atomic E-state index is 14.8. The highest BCUT2D eigenvalue weighted by Crippen LogP contribution is 2.75. The van der Waals surface area contributed by atoms with E-state index in [2.05, 4.69) is 20.6 Å². The number of carbonyl (C=O) groups is 1. The second kappa shape index (κ2) is 11.2. The van der Waals surface area contributed by atoms with E-state index in [4.69, 9.17) is 14.7 Å². The maximum absolute atomic E-state index is 14.8. The molecule has 14 heteroatoms. The molecule has 1 atom stereocenters. The zero-order valence-corrected chi connectivity index (χ0v) is 24.3. The van der Waals surface area contributed by atoms with Crippen molar-refractivity contribution in [1.29, 1.82) is 0 Å². The zero-order chi connectivity index (χ0) is 30.4. The van der Waals surface area contributed by atoms with E-state index in [1.807, 2.05) is 6.92 Å². The molecule has 1 aliphatic carbocycles. The molecule has 226 valence electrons. The number of ether oxygens (including phenoxy) is 1. The Balaban J connectivity index is 1.34. The van der Waals surface area contributed by atoms with Crippen molar-refractivity contribution in [1.82, 2.24) is 19.7 Å². The van der Waals surface area contributed by atoms with Gasteiger partial charge in [-0.25, -0.2) is 23.5 Å². The molecular weight excluding hydrogens is 580 g/mol. The van der Waals surface area contributed by atoms with Gasteiger partial charge in [-0.3, -0.25) is 13.8 Å². The van der Waals surface area contributed by atoms with Gasteiger partial charge in [0, 0.05) is 43.2 Å². The third-order valence-electron chi connectivity index (χ3n) is 7.65. The number of amides is 2. The van der Waals surface area contributed by atoms with Crippen LogP contribution in [-0.4, -0.2) is 60.7 Å². The third kappa shape index (κ3) is 5.66. The minimum atomic E-state index is -3.77. The number of anilines is 3. The number of rotatable bonds is 7. The number of morpholine rings is 1.